The maximum Gasteiger partial charge on any atom is 0.00912 e. The summed E-state index contributed by atoms with van der Waals surface area (Å²) in [5.74, 6) is 0.936. The van der Waals surface area contributed by atoms with Crippen molar-refractivity contribution < 1.29 is 0 Å². The Bertz CT molecular complexity index is 212. The lowest BCUT2D eigenvalue weighted by Crippen LogP contribution is -2.44. The molecule has 2 fully saturated rings. The fourth-order valence-corrected chi connectivity index (χ4v) is 3.32. The van der Waals surface area contributed by atoms with Crippen molar-refractivity contribution in [2.75, 3.05) is 45.8 Å². The summed E-state index contributed by atoms with van der Waals surface area (Å²) in [7, 11) is 0. The topological polar surface area (TPSA) is 18.5 Å². The molecule has 3 heteroatoms. The van der Waals surface area contributed by atoms with Crippen molar-refractivity contribution in [2.24, 2.45) is 5.92 Å². The molecule has 100 valence electrons. The second-order valence-corrected chi connectivity index (χ2v) is 5.68. The minimum Gasteiger partial charge on any atom is -0.314 e. The first-order chi connectivity index (χ1) is 8.31. The normalized spacial score (nSPS) is 28.9. The van der Waals surface area contributed by atoms with Gasteiger partial charge in [0, 0.05) is 19.1 Å². The number of hydrogen-bond donors (Lipinski definition) is 1. The second kappa shape index (κ2) is 6.72. The molecule has 2 rings (SSSR count). The summed E-state index contributed by atoms with van der Waals surface area (Å²) < 4.78 is 0. The van der Waals surface area contributed by atoms with Crippen LogP contribution in [0.1, 0.15) is 33.1 Å². The molecule has 2 heterocycles. The van der Waals surface area contributed by atoms with E-state index < -0.39 is 0 Å². The highest BCUT2D eigenvalue weighted by molar-refractivity contribution is 4.81. The predicted octanol–water partition coefficient (Wildman–Crippen LogP) is 1.40. The Kier molecular flexibility index (Phi) is 5.26. The zero-order chi connectivity index (χ0) is 12.1. The molecule has 3 nitrogen and oxygen atoms in total. The Balaban J connectivity index is 1.65. The molecule has 0 spiro atoms. The van der Waals surface area contributed by atoms with E-state index in [2.05, 4.69) is 29.0 Å². The van der Waals surface area contributed by atoms with E-state index in [1.54, 1.807) is 0 Å². The van der Waals surface area contributed by atoms with Crippen LogP contribution in [0.25, 0.3) is 0 Å². The molecule has 17 heavy (non-hydrogen) atoms. The van der Waals surface area contributed by atoms with Gasteiger partial charge in [0.1, 0.15) is 0 Å². The smallest absolute Gasteiger partial charge is 0.00912 e. The Hall–Kier alpha value is -0.120. The zero-order valence-corrected chi connectivity index (χ0v) is 11.6. The molecule has 0 aliphatic carbocycles. The minimum atomic E-state index is 0.784. The molecule has 0 saturated carbocycles. The molecule has 0 bridgehead atoms. The lowest BCUT2D eigenvalue weighted by atomic mass is 10.0. The summed E-state index contributed by atoms with van der Waals surface area (Å²) >= 11 is 0. The van der Waals surface area contributed by atoms with Gasteiger partial charge in [-0.05, 0) is 57.9 Å². The van der Waals surface area contributed by atoms with E-state index in [-0.39, 0.29) is 0 Å². The highest BCUT2D eigenvalue weighted by atomic mass is 15.2. The van der Waals surface area contributed by atoms with Gasteiger partial charge in [0.2, 0.25) is 0 Å². The molecular weight excluding hydrogens is 210 g/mol. The lowest BCUT2D eigenvalue weighted by Gasteiger charge is -2.33. The quantitative estimate of drug-likeness (QED) is 0.782. The molecule has 0 aromatic heterocycles. The van der Waals surface area contributed by atoms with Crippen LogP contribution in [0.2, 0.25) is 0 Å². The average molecular weight is 239 g/mol. The summed E-state index contributed by atoms with van der Waals surface area (Å²) in [6, 6.07) is 0.784. The van der Waals surface area contributed by atoms with Crippen LogP contribution in [0.5, 0.6) is 0 Å². The number of nitrogens with zero attached hydrogens (tertiary/aromatic N) is 2. The van der Waals surface area contributed by atoms with Crippen LogP contribution in [0, 0.1) is 5.92 Å². The fourth-order valence-electron chi connectivity index (χ4n) is 3.32. The van der Waals surface area contributed by atoms with Crippen LogP contribution in [0.4, 0.5) is 0 Å². The molecule has 0 aromatic carbocycles. The zero-order valence-electron chi connectivity index (χ0n) is 11.6. The van der Waals surface area contributed by atoms with Crippen molar-refractivity contribution in [2.45, 2.75) is 39.2 Å². The van der Waals surface area contributed by atoms with Crippen molar-refractivity contribution in [1.29, 1.82) is 0 Å². The first kappa shape index (κ1) is 13.3. The molecule has 2 aliphatic heterocycles. The first-order valence-corrected chi connectivity index (χ1v) is 7.50. The number of hydrogen-bond acceptors (Lipinski definition) is 3. The van der Waals surface area contributed by atoms with Crippen molar-refractivity contribution >= 4 is 0 Å². The minimum absolute atomic E-state index is 0.784. The van der Waals surface area contributed by atoms with Gasteiger partial charge in [-0.15, -0.1) is 0 Å². The molecule has 2 saturated heterocycles. The number of likely N-dealkylation sites (tertiary alicyclic amines) is 2. The van der Waals surface area contributed by atoms with Crippen LogP contribution >= 0.6 is 0 Å². The summed E-state index contributed by atoms with van der Waals surface area (Å²) in [6.07, 6.45) is 4.11. The maximum absolute atomic E-state index is 3.58. The van der Waals surface area contributed by atoms with Gasteiger partial charge in [0.25, 0.3) is 0 Å². The summed E-state index contributed by atoms with van der Waals surface area (Å²) in [5.41, 5.74) is 0. The van der Waals surface area contributed by atoms with E-state index in [4.69, 9.17) is 0 Å². The van der Waals surface area contributed by atoms with Crippen molar-refractivity contribution in [1.82, 2.24) is 15.1 Å². The molecule has 1 N–H and O–H groups in total. The molecule has 1 unspecified atom stereocenters. The number of piperidine rings is 1. The van der Waals surface area contributed by atoms with Gasteiger partial charge in [-0.3, -0.25) is 0 Å². The van der Waals surface area contributed by atoms with Crippen LogP contribution in [0.3, 0.4) is 0 Å². The molecular formula is C14H29N3. The van der Waals surface area contributed by atoms with Crippen molar-refractivity contribution in [3.05, 3.63) is 0 Å². The van der Waals surface area contributed by atoms with E-state index >= 15 is 0 Å². The highest BCUT2D eigenvalue weighted by Crippen LogP contribution is 2.19. The van der Waals surface area contributed by atoms with Crippen molar-refractivity contribution in [3.63, 3.8) is 0 Å². The molecule has 1 atom stereocenters. The monoisotopic (exact) mass is 239 g/mol. The molecule has 0 radical (unpaired) electrons. The summed E-state index contributed by atoms with van der Waals surface area (Å²) in [5, 5.41) is 3.58. The Morgan fingerprint density at radius 2 is 1.71 bits per heavy atom. The SMILES string of the molecule is CCNC1CCN(CC2CCN(CC)C2)CC1. The van der Waals surface area contributed by atoms with Gasteiger partial charge >= 0.3 is 0 Å². The lowest BCUT2D eigenvalue weighted by molar-refractivity contribution is 0.172. The molecule has 0 aromatic rings. The van der Waals surface area contributed by atoms with Crippen LogP contribution in [0.15, 0.2) is 0 Å². The molecule has 2 aliphatic rings. The van der Waals surface area contributed by atoms with Gasteiger partial charge in [0.05, 0.1) is 0 Å². The van der Waals surface area contributed by atoms with Gasteiger partial charge < -0.3 is 15.1 Å². The molecule has 0 amide bonds. The first-order valence-electron chi connectivity index (χ1n) is 7.50. The average Bonchev–Trinajstić information content (AvgIpc) is 2.80. The van der Waals surface area contributed by atoms with E-state index in [0.717, 1.165) is 18.5 Å². The summed E-state index contributed by atoms with van der Waals surface area (Å²) in [6.45, 7) is 13.5. The third-order valence-electron chi connectivity index (χ3n) is 4.41. The van der Waals surface area contributed by atoms with Gasteiger partial charge in [-0.25, -0.2) is 0 Å². The Labute approximate surface area is 107 Å². The highest BCUT2D eigenvalue weighted by Gasteiger charge is 2.25. The van der Waals surface area contributed by atoms with E-state index in [1.165, 1.54) is 58.5 Å². The maximum atomic E-state index is 3.58. The Morgan fingerprint density at radius 1 is 1.00 bits per heavy atom. The fraction of sp³-hybridized carbons (Fsp3) is 1.00. The third kappa shape index (κ3) is 3.94. The van der Waals surface area contributed by atoms with Crippen LogP contribution in [-0.2, 0) is 0 Å². The van der Waals surface area contributed by atoms with Gasteiger partial charge in [-0.1, -0.05) is 13.8 Å². The Morgan fingerprint density at radius 3 is 2.29 bits per heavy atom. The van der Waals surface area contributed by atoms with Gasteiger partial charge in [0.15, 0.2) is 0 Å². The number of rotatable bonds is 5. The second-order valence-electron chi connectivity index (χ2n) is 5.68. The van der Waals surface area contributed by atoms with Crippen LogP contribution < -0.4 is 5.32 Å². The van der Waals surface area contributed by atoms with Crippen LogP contribution in [-0.4, -0.2) is 61.7 Å². The van der Waals surface area contributed by atoms with E-state index in [9.17, 15) is 0 Å². The van der Waals surface area contributed by atoms with Gasteiger partial charge in [-0.2, -0.15) is 0 Å². The largest absolute Gasteiger partial charge is 0.314 e. The van der Waals surface area contributed by atoms with Crippen molar-refractivity contribution in [3.8, 4) is 0 Å². The number of nitrogens with one attached hydrogen (secondary N) is 1. The van der Waals surface area contributed by atoms with E-state index in [1.807, 2.05) is 0 Å². The standard InChI is InChI=1S/C14H29N3/c1-3-15-14-6-9-17(10-7-14)12-13-5-8-16(4-2)11-13/h13-15H,3-12H2,1-2H3. The predicted molar refractivity (Wildman–Crippen MR) is 73.4 cm³/mol. The van der Waals surface area contributed by atoms with E-state index in [0.29, 0.717) is 0 Å². The third-order valence-corrected chi connectivity index (χ3v) is 4.41. The summed E-state index contributed by atoms with van der Waals surface area (Å²) in [4.78, 5) is 5.29.